The van der Waals surface area contributed by atoms with Crippen molar-refractivity contribution in [1.29, 1.82) is 0 Å². The van der Waals surface area contributed by atoms with E-state index in [4.69, 9.17) is 4.74 Å². The van der Waals surface area contributed by atoms with Crippen LogP contribution in [0.4, 0.5) is 10.5 Å². The van der Waals surface area contributed by atoms with Crippen LogP contribution in [0.5, 0.6) is 0 Å². The number of nitrogens with zero attached hydrogens (tertiary/aromatic N) is 1. The van der Waals surface area contributed by atoms with Crippen LogP contribution < -0.4 is 5.32 Å². The first-order valence-electron chi connectivity index (χ1n) is 7.26. The highest BCUT2D eigenvalue weighted by molar-refractivity contribution is 7.98. The van der Waals surface area contributed by atoms with E-state index in [2.05, 4.69) is 23.7 Å². The van der Waals surface area contributed by atoms with Crippen LogP contribution in [0.1, 0.15) is 27.2 Å². The van der Waals surface area contributed by atoms with Crippen LogP contribution in [-0.2, 0) is 4.74 Å². The highest BCUT2D eigenvalue weighted by Gasteiger charge is 2.29. The van der Waals surface area contributed by atoms with Gasteiger partial charge in [-0.05, 0) is 45.6 Å². The van der Waals surface area contributed by atoms with Gasteiger partial charge in [0, 0.05) is 29.7 Å². The minimum Gasteiger partial charge on any atom is -0.444 e. The van der Waals surface area contributed by atoms with Gasteiger partial charge in [-0.1, -0.05) is 12.1 Å². The molecule has 0 spiro atoms. The Morgan fingerprint density at radius 2 is 2.10 bits per heavy atom. The first-order valence-corrected chi connectivity index (χ1v) is 8.49. The largest absolute Gasteiger partial charge is 0.444 e. The zero-order chi connectivity index (χ0) is 15.5. The maximum Gasteiger partial charge on any atom is 0.410 e. The molecule has 0 aliphatic carbocycles. The van der Waals surface area contributed by atoms with Gasteiger partial charge in [0.15, 0.2) is 0 Å². The Morgan fingerprint density at radius 3 is 2.76 bits per heavy atom. The number of hydrogen-bond donors (Lipinski definition) is 1. The topological polar surface area (TPSA) is 41.6 Å². The van der Waals surface area contributed by atoms with Gasteiger partial charge in [-0.25, -0.2) is 4.79 Å². The van der Waals surface area contributed by atoms with Crippen LogP contribution in [0, 0.1) is 0 Å². The molecule has 1 heterocycles. The van der Waals surface area contributed by atoms with Crippen LogP contribution in [-0.4, -0.2) is 42.0 Å². The fourth-order valence-corrected chi connectivity index (χ4v) is 2.92. The lowest BCUT2D eigenvalue weighted by Crippen LogP contribution is -2.36. The van der Waals surface area contributed by atoms with Crippen LogP contribution in [0.3, 0.4) is 0 Å². The molecule has 1 aromatic carbocycles. The molecule has 0 bridgehead atoms. The standard InChI is InChI=1S/C16H24N2O2S/c1-16(2,3)20-15(19)18-10-9-12(11-18)17-13-7-5-6-8-14(13)21-4/h5-8,12,17H,9-11H2,1-4H3. The zero-order valence-electron chi connectivity index (χ0n) is 13.2. The van der Waals surface area contributed by atoms with Gasteiger partial charge in [0.05, 0.1) is 0 Å². The summed E-state index contributed by atoms with van der Waals surface area (Å²) in [5.74, 6) is 0. The van der Waals surface area contributed by atoms with E-state index in [0.717, 1.165) is 18.7 Å². The predicted molar refractivity (Wildman–Crippen MR) is 88.1 cm³/mol. The molecule has 5 heteroatoms. The number of benzene rings is 1. The molecule has 1 saturated heterocycles. The van der Waals surface area contributed by atoms with Crippen molar-refractivity contribution in [3.05, 3.63) is 24.3 Å². The lowest BCUT2D eigenvalue weighted by atomic mass is 10.2. The minimum absolute atomic E-state index is 0.218. The highest BCUT2D eigenvalue weighted by Crippen LogP contribution is 2.27. The van der Waals surface area contributed by atoms with Crippen molar-refractivity contribution in [2.45, 2.75) is 43.7 Å². The zero-order valence-corrected chi connectivity index (χ0v) is 14.0. The summed E-state index contributed by atoms with van der Waals surface area (Å²) in [5.41, 5.74) is 0.703. The normalized spacial score (nSPS) is 18.7. The number of amides is 1. The number of likely N-dealkylation sites (tertiary alicyclic amines) is 1. The fraction of sp³-hybridized carbons (Fsp3) is 0.562. The monoisotopic (exact) mass is 308 g/mol. The first kappa shape index (κ1) is 16.0. The van der Waals surface area contributed by atoms with Crippen LogP contribution in [0.2, 0.25) is 0 Å². The number of para-hydroxylation sites is 1. The summed E-state index contributed by atoms with van der Waals surface area (Å²) < 4.78 is 5.42. The molecule has 4 nitrogen and oxygen atoms in total. The average molecular weight is 308 g/mol. The number of hydrogen-bond acceptors (Lipinski definition) is 4. The Morgan fingerprint density at radius 1 is 1.38 bits per heavy atom. The number of thioether (sulfide) groups is 1. The summed E-state index contributed by atoms with van der Waals surface area (Å²) in [6.45, 7) is 7.12. The predicted octanol–water partition coefficient (Wildman–Crippen LogP) is 3.83. The van der Waals surface area contributed by atoms with E-state index < -0.39 is 5.60 Å². The third kappa shape index (κ3) is 4.56. The fourth-order valence-electron chi connectivity index (χ4n) is 2.35. The number of nitrogens with one attached hydrogen (secondary N) is 1. The summed E-state index contributed by atoms with van der Waals surface area (Å²) in [6.07, 6.45) is 2.80. The van der Waals surface area contributed by atoms with Crippen LogP contribution in [0.15, 0.2) is 29.2 Å². The SMILES string of the molecule is CSc1ccccc1NC1CCN(C(=O)OC(C)(C)C)C1. The molecule has 2 rings (SSSR count). The van der Waals surface area contributed by atoms with E-state index in [1.54, 1.807) is 16.7 Å². The van der Waals surface area contributed by atoms with Gasteiger partial charge in [0.2, 0.25) is 0 Å². The summed E-state index contributed by atoms with van der Waals surface area (Å²) in [4.78, 5) is 15.1. The number of anilines is 1. The van der Waals surface area contributed by atoms with Crippen molar-refractivity contribution < 1.29 is 9.53 Å². The molecule has 1 amide bonds. The molecule has 0 radical (unpaired) electrons. The Bertz CT molecular complexity index is 499. The number of carbonyl (C=O) groups excluding carboxylic acids is 1. The molecule has 0 aromatic heterocycles. The van der Waals surface area contributed by atoms with Gasteiger partial charge < -0.3 is 15.0 Å². The molecular formula is C16H24N2O2S. The molecule has 116 valence electrons. The Labute approximate surface area is 131 Å². The number of carbonyl (C=O) groups is 1. The van der Waals surface area contributed by atoms with Gasteiger partial charge in [0.25, 0.3) is 0 Å². The highest BCUT2D eigenvalue weighted by atomic mass is 32.2. The van der Waals surface area contributed by atoms with Gasteiger partial charge in [-0.15, -0.1) is 11.8 Å². The molecule has 1 unspecified atom stereocenters. The molecule has 1 aliphatic rings. The van der Waals surface area contributed by atoms with Crippen molar-refractivity contribution in [2.24, 2.45) is 0 Å². The second-order valence-electron chi connectivity index (χ2n) is 6.26. The average Bonchev–Trinajstić information content (AvgIpc) is 2.86. The third-order valence-electron chi connectivity index (χ3n) is 3.31. The molecule has 1 atom stereocenters. The number of ether oxygens (including phenoxy) is 1. The lowest BCUT2D eigenvalue weighted by molar-refractivity contribution is 0.0293. The molecule has 1 aromatic rings. The van der Waals surface area contributed by atoms with Gasteiger partial charge in [-0.2, -0.15) is 0 Å². The van der Waals surface area contributed by atoms with Crippen LogP contribution >= 0.6 is 11.8 Å². The Balaban J connectivity index is 1.92. The maximum absolute atomic E-state index is 12.1. The maximum atomic E-state index is 12.1. The molecule has 1 aliphatic heterocycles. The van der Waals surface area contributed by atoms with Crippen molar-refractivity contribution >= 4 is 23.5 Å². The van der Waals surface area contributed by atoms with E-state index in [9.17, 15) is 4.79 Å². The minimum atomic E-state index is -0.436. The van der Waals surface area contributed by atoms with Crippen LogP contribution in [0.25, 0.3) is 0 Å². The number of rotatable bonds is 3. The smallest absolute Gasteiger partial charge is 0.410 e. The molecule has 0 saturated carbocycles. The van der Waals surface area contributed by atoms with E-state index in [1.807, 2.05) is 32.9 Å². The molecule has 21 heavy (non-hydrogen) atoms. The van der Waals surface area contributed by atoms with Crippen molar-refractivity contribution in [2.75, 3.05) is 24.7 Å². The summed E-state index contributed by atoms with van der Waals surface area (Å²) in [7, 11) is 0. The van der Waals surface area contributed by atoms with E-state index >= 15 is 0 Å². The van der Waals surface area contributed by atoms with E-state index in [1.165, 1.54) is 4.90 Å². The van der Waals surface area contributed by atoms with Crippen molar-refractivity contribution in [3.8, 4) is 0 Å². The molecular weight excluding hydrogens is 284 g/mol. The Kier molecular flexibility index (Phi) is 5.04. The van der Waals surface area contributed by atoms with Gasteiger partial charge in [-0.3, -0.25) is 0 Å². The lowest BCUT2D eigenvalue weighted by Gasteiger charge is -2.24. The van der Waals surface area contributed by atoms with Gasteiger partial charge in [0.1, 0.15) is 5.60 Å². The summed E-state index contributed by atoms with van der Waals surface area (Å²) in [5, 5.41) is 3.54. The molecule has 1 N–H and O–H groups in total. The summed E-state index contributed by atoms with van der Waals surface area (Å²) in [6, 6.07) is 8.54. The summed E-state index contributed by atoms with van der Waals surface area (Å²) >= 11 is 1.73. The molecule has 1 fully saturated rings. The first-order chi connectivity index (χ1) is 9.89. The second kappa shape index (κ2) is 6.60. The quantitative estimate of drug-likeness (QED) is 0.862. The Hall–Kier alpha value is -1.36. The van der Waals surface area contributed by atoms with Crippen molar-refractivity contribution in [3.63, 3.8) is 0 Å². The van der Waals surface area contributed by atoms with Crippen molar-refractivity contribution in [1.82, 2.24) is 4.90 Å². The van der Waals surface area contributed by atoms with Gasteiger partial charge >= 0.3 is 6.09 Å². The van der Waals surface area contributed by atoms with E-state index in [-0.39, 0.29) is 12.1 Å². The second-order valence-corrected chi connectivity index (χ2v) is 7.10. The van der Waals surface area contributed by atoms with E-state index in [0.29, 0.717) is 6.54 Å². The third-order valence-corrected chi connectivity index (χ3v) is 4.10.